The predicted molar refractivity (Wildman–Crippen MR) is 57.8 cm³/mol. The van der Waals surface area contributed by atoms with Crippen LogP contribution in [0.1, 0.15) is 17.5 Å². The van der Waals surface area contributed by atoms with Gasteiger partial charge in [0.15, 0.2) is 0 Å². The van der Waals surface area contributed by atoms with Crippen LogP contribution in [-0.2, 0) is 11.8 Å². The van der Waals surface area contributed by atoms with Crippen LogP contribution in [0.2, 0.25) is 5.02 Å². The van der Waals surface area contributed by atoms with Crippen molar-refractivity contribution < 1.29 is 18.3 Å². The maximum atomic E-state index is 12.4. The van der Waals surface area contributed by atoms with Crippen LogP contribution in [0.3, 0.4) is 0 Å². The summed E-state index contributed by atoms with van der Waals surface area (Å²) in [4.78, 5) is 0. The molecule has 1 fully saturated rings. The van der Waals surface area contributed by atoms with Gasteiger partial charge in [-0.3, -0.25) is 0 Å². The van der Waals surface area contributed by atoms with Crippen LogP contribution in [0, 0.1) is 0 Å². The first kappa shape index (κ1) is 12.7. The van der Waals surface area contributed by atoms with E-state index in [1.807, 2.05) is 0 Å². The number of halogens is 4. The molecular weight excluding hydrogens is 255 g/mol. The summed E-state index contributed by atoms with van der Waals surface area (Å²) in [5, 5.41) is 13.1. The van der Waals surface area contributed by atoms with Gasteiger partial charge in [0.05, 0.1) is 5.56 Å². The Morgan fingerprint density at radius 1 is 1.35 bits per heavy atom. The fourth-order valence-corrected chi connectivity index (χ4v) is 2.33. The molecular formula is C11H11ClF3NO. The number of β-amino-alcohol motifs (C(OH)–C–C–N with tert-alkyl or cyclic N) is 1. The van der Waals surface area contributed by atoms with Gasteiger partial charge < -0.3 is 10.4 Å². The molecule has 1 heterocycles. The van der Waals surface area contributed by atoms with Gasteiger partial charge >= 0.3 is 6.18 Å². The normalized spacial score (nSPS) is 25.2. The third kappa shape index (κ3) is 2.41. The smallest absolute Gasteiger partial charge is 0.384 e. The highest BCUT2D eigenvalue weighted by Crippen LogP contribution is 2.37. The van der Waals surface area contributed by atoms with Gasteiger partial charge in [-0.2, -0.15) is 13.2 Å². The van der Waals surface area contributed by atoms with Crippen LogP contribution >= 0.6 is 11.6 Å². The van der Waals surface area contributed by atoms with Crippen LogP contribution in [-0.4, -0.2) is 18.2 Å². The van der Waals surface area contributed by atoms with E-state index in [-0.39, 0.29) is 5.02 Å². The summed E-state index contributed by atoms with van der Waals surface area (Å²) < 4.78 is 37.3. The zero-order valence-electron chi connectivity index (χ0n) is 8.81. The lowest BCUT2D eigenvalue weighted by Gasteiger charge is -2.23. The molecule has 17 heavy (non-hydrogen) atoms. The Balaban J connectivity index is 2.38. The number of rotatable bonds is 1. The molecule has 2 N–H and O–H groups in total. The van der Waals surface area contributed by atoms with Crippen LogP contribution in [0.15, 0.2) is 18.2 Å². The number of aliphatic hydroxyl groups is 1. The molecule has 1 aliphatic heterocycles. The summed E-state index contributed by atoms with van der Waals surface area (Å²) in [5.41, 5.74) is -1.63. The summed E-state index contributed by atoms with van der Waals surface area (Å²) in [6.07, 6.45) is -3.98. The van der Waals surface area contributed by atoms with Crippen molar-refractivity contribution in [2.75, 3.05) is 13.1 Å². The minimum absolute atomic E-state index is 0.0500. The minimum atomic E-state index is -4.42. The molecule has 0 aliphatic carbocycles. The number of alkyl halides is 3. The molecule has 0 bridgehead atoms. The molecule has 1 atom stereocenters. The zero-order valence-corrected chi connectivity index (χ0v) is 9.57. The molecule has 1 unspecified atom stereocenters. The van der Waals surface area contributed by atoms with Crippen molar-refractivity contribution in [3.63, 3.8) is 0 Å². The SMILES string of the molecule is OC1(c2ccc(C(F)(F)F)cc2Cl)CCNC1. The van der Waals surface area contributed by atoms with E-state index in [9.17, 15) is 18.3 Å². The fraction of sp³-hybridized carbons (Fsp3) is 0.455. The molecule has 0 spiro atoms. The van der Waals surface area contributed by atoms with Gasteiger partial charge in [-0.05, 0) is 25.1 Å². The number of hydrogen-bond donors (Lipinski definition) is 2. The predicted octanol–water partition coefficient (Wildman–Crippen LogP) is 2.54. The average Bonchev–Trinajstić information content (AvgIpc) is 2.64. The van der Waals surface area contributed by atoms with E-state index in [0.717, 1.165) is 12.1 Å². The van der Waals surface area contributed by atoms with Gasteiger partial charge in [0, 0.05) is 17.1 Å². The van der Waals surface area contributed by atoms with Gasteiger partial charge in [-0.15, -0.1) is 0 Å². The van der Waals surface area contributed by atoms with Crippen molar-refractivity contribution in [1.82, 2.24) is 5.32 Å². The highest BCUT2D eigenvalue weighted by molar-refractivity contribution is 6.31. The second-order valence-electron chi connectivity index (χ2n) is 4.15. The maximum Gasteiger partial charge on any atom is 0.416 e. The van der Waals surface area contributed by atoms with Crippen LogP contribution in [0.5, 0.6) is 0 Å². The van der Waals surface area contributed by atoms with Crippen molar-refractivity contribution in [2.45, 2.75) is 18.2 Å². The topological polar surface area (TPSA) is 32.3 Å². The van der Waals surface area contributed by atoms with Crippen molar-refractivity contribution in [2.24, 2.45) is 0 Å². The number of hydrogen-bond acceptors (Lipinski definition) is 2. The third-order valence-electron chi connectivity index (χ3n) is 2.93. The standard InChI is InChI=1S/C11H11ClF3NO/c12-9-5-7(11(13,14)15)1-2-8(9)10(17)3-4-16-6-10/h1-2,5,16-17H,3-4,6H2. The van der Waals surface area contributed by atoms with E-state index in [1.54, 1.807) is 0 Å². The lowest BCUT2D eigenvalue weighted by Crippen LogP contribution is -2.28. The Hall–Kier alpha value is -0.780. The molecule has 1 aliphatic rings. The molecule has 6 heteroatoms. The highest BCUT2D eigenvalue weighted by atomic mass is 35.5. The molecule has 2 rings (SSSR count). The van der Waals surface area contributed by atoms with E-state index >= 15 is 0 Å². The monoisotopic (exact) mass is 265 g/mol. The summed E-state index contributed by atoms with van der Waals surface area (Å²) >= 11 is 5.82. The lowest BCUT2D eigenvalue weighted by molar-refractivity contribution is -0.137. The average molecular weight is 266 g/mol. The van der Waals surface area contributed by atoms with E-state index in [4.69, 9.17) is 11.6 Å². The van der Waals surface area contributed by atoms with Gasteiger partial charge in [-0.25, -0.2) is 0 Å². The van der Waals surface area contributed by atoms with E-state index in [2.05, 4.69) is 5.32 Å². The summed E-state index contributed by atoms with van der Waals surface area (Å²) in [6.45, 7) is 0.923. The molecule has 1 aromatic carbocycles. The molecule has 2 nitrogen and oxygen atoms in total. The third-order valence-corrected chi connectivity index (χ3v) is 3.24. The quantitative estimate of drug-likeness (QED) is 0.818. The van der Waals surface area contributed by atoms with Gasteiger partial charge in [-0.1, -0.05) is 17.7 Å². The second-order valence-corrected chi connectivity index (χ2v) is 4.56. The summed E-state index contributed by atoms with van der Waals surface area (Å²) in [5.74, 6) is 0. The number of nitrogens with one attached hydrogen (secondary N) is 1. The van der Waals surface area contributed by atoms with Crippen molar-refractivity contribution in [3.8, 4) is 0 Å². The van der Waals surface area contributed by atoms with Crippen LogP contribution < -0.4 is 5.32 Å². The van der Waals surface area contributed by atoms with Gasteiger partial charge in [0.2, 0.25) is 0 Å². The summed E-state index contributed by atoms with van der Waals surface area (Å²) in [7, 11) is 0. The lowest BCUT2D eigenvalue weighted by atomic mass is 9.92. The van der Waals surface area contributed by atoms with E-state index in [1.165, 1.54) is 6.07 Å². The van der Waals surface area contributed by atoms with Gasteiger partial charge in [0.1, 0.15) is 5.60 Å². The minimum Gasteiger partial charge on any atom is -0.384 e. The Labute approximate surface area is 101 Å². The first-order valence-electron chi connectivity index (χ1n) is 5.13. The molecule has 1 saturated heterocycles. The molecule has 0 aromatic heterocycles. The Bertz CT molecular complexity index is 427. The van der Waals surface area contributed by atoms with E-state index in [0.29, 0.717) is 25.1 Å². The van der Waals surface area contributed by atoms with Crippen molar-refractivity contribution >= 4 is 11.6 Å². The van der Waals surface area contributed by atoms with E-state index < -0.39 is 17.3 Å². The Morgan fingerprint density at radius 3 is 2.53 bits per heavy atom. The summed E-state index contributed by atoms with van der Waals surface area (Å²) in [6, 6.07) is 3.04. The molecule has 1 aromatic rings. The van der Waals surface area contributed by atoms with Crippen molar-refractivity contribution in [1.29, 1.82) is 0 Å². The fourth-order valence-electron chi connectivity index (χ4n) is 1.98. The zero-order chi connectivity index (χ0) is 12.7. The van der Waals surface area contributed by atoms with Crippen molar-refractivity contribution in [3.05, 3.63) is 34.3 Å². The van der Waals surface area contributed by atoms with Crippen LogP contribution in [0.4, 0.5) is 13.2 Å². The molecule has 0 saturated carbocycles. The molecule has 0 radical (unpaired) electrons. The van der Waals surface area contributed by atoms with Gasteiger partial charge in [0.25, 0.3) is 0 Å². The largest absolute Gasteiger partial charge is 0.416 e. The second kappa shape index (κ2) is 4.15. The first-order valence-corrected chi connectivity index (χ1v) is 5.51. The molecule has 0 amide bonds. The first-order chi connectivity index (χ1) is 7.83. The Morgan fingerprint density at radius 2 is 2.06 bits per heavy atom. The Kier molecular flexibility index (Phi) is 3.10. The number of benzene rings is 1. The maximum absolute atomic E-state index is 12.4. The van der Waals surface area contributed by atoms with Crippen LogP contribution in [0.25, 0.3) is 0 Å². The molecule has 94 valence electrons. The highest BCUT2D eigenvalue weighted by Gasteiger charge is 2.37.